The first kappa shape index (κ1) is 18.6. The Bertz CT molecular complexity index is 1420. The van der Waals surface area contributed by atoms with Crippen molar-refractivity contribution in [3.63, 3.8) is 0 Å². The minimum Gasteiger partial charge on any atom is -0.506 e. The number of aromatic nitrogens is 4. The van der Waals surface area contributed by atoms with Gasteiger partial charge in [0.15, 0.2) is 0 Å². The van der Waals surface area contributed by atoms with E-state index in [1.165, 1.54) is 0 Å². The summed E-state index contributed by atoms with van der Waals surface area (Å²) in [6.45, 7) is 0. The van der Waals surface area contributed by atoms with Crippen molar-refractivity contribution in [2.45, 2.75) is 0 Å². The summed E-state index contributed by atoms with van der Waals surface area (Å²) in [7, 11) is 0. The van der Waals surface area contributed by atoms with Gasteiger partial charge >= 0.3 is 0 Å². The zero-order chi connectivity index (χ0) is 21.0. The average Bonchev–Trinajstić information content (AvgIpc) is 3.56. The van der Waals surface area contributed by atoms with E-state index in [0.29, 0.717) is 5.52 Å². The topological polar surface area (TPSA) is 77.6 Å². The highest BCUT2D eigenvalue weighted by Crippen LogP contribution is 2.22. The Balaban J connectivity index is 0.000000296. The summed E-state index contributed by atoms with van der Waals surface area (Å²) in [5, 5.41) is 10.2. The lowest BCUT2D eigenvalue weighted by molar-refractivity contribution is 0.482. The van der Waals surface area contributed by atoms with Gasteiger partial charge in [0.05, 0.1) is 28.3 Å². The predicted octanol–water partition coefficient (Wildman–Crippen LogP) is 6.05. The Morgan fingerprint density at radius 1 is 0.516 bits per heavy atom. The first-order valence-corrected chi connectivity index (χ1v) is 9.99. The maximum Gasteiger partial charge on any atom is 0.141 e. The van der Waals surface area contributed by atoms with Crippen LogP contribution in [0.1, 0.15) is 22.8 Å². The number of hydrogen-bond acceptors (Lipinski definition) is 3. The predicted molar refractivity (Wildman–Crippen MR) is 127 cm³/mol. The molecule has 2 aliphatic rings. The number of aromatic hydroxyl groups is 1. The summed E-state index contributed by atoms with van der Waals surface area (Å²) < 4.78 is 0. The van der Waals surface area contributed by atoms with Crippen LogP contribution in [-0.4, -0.2) is 25.0 Å². The maximum absolute atomic E-state index is 10.2. The first-order valence-electron chi connectivity index (χ1n) is 9.99. The molecule has 2 aliphatic heterocycles. The minimum atomic E-state index is 0.191. The Labute approximate surface area is 179 Å². The largest absolute Gasteiger partial charge is 0.506 e. The van der Waals surface area contributed by atoms with Crippen LogP contribution in [0, 0.1) is 0 Å². The molecular weight excluding hydrogens is 384 g/mol. The quantitative estimate of drug-likeness (QED) is 0.288. The van der Waals surface area contributed by atoms with E-state index in [-0.39, 0.29) is 5.75 Å². The maximum atomic E-state index is 10.2. The molecule has 0 unspecified atom stereocenters. The van der Waals surface area contributed by atoms with Gasteiger partial charge in [-0.1, -0.05) is 36.4 Å². The number of aromatic amines is 2. The van der Waals surface area contributed by atoms with E-state index in [2.05, 4.69) is 19.9 Å². The third-order valence-electron chi connectivity index (χ3n) is 4.81. The van der Waals surface area contributed by atoms with Gasteiger partial charge in [0.25, 0.3) is 0 Å². The summed E-state index contributed by atoms with van der Waals surface area (Å²) >= 11 is 0. The lowest BCUT2D eigenvalue weighted by Crippen LogP contribution is -1.75. The molecule has 5 heterocycles. The molecule has 0 atom stereocenters. The lowest BCUT2D eigenvalue weighted by Gasteiger charge is -1.86. The summed E-state index contributed by atoms with van der Waals surface area (Å²) in [4.78, 5) is 15.7. The van der Waals surface area contributed by atoms with Crippen molar-refractivity contribution in [2.24, 2.45) is 0 Å². The molecule has 31 heavy (non-hydrogen) atoms. The van der Waals surface area contributed by atoms with Gasteiger partial charge in [-0.3, -0.25) is 0 Å². The normalized spacial score (nSPS) is 11.7. The molecule has 0 amide bonds. The Hall–Kier alpha value is -4.38. The molecule has 0 fully saturated rings. The lowest BCUT2D eigenvalue weighted by atomic mass is 10.3. The van der Waals surface area contributed by atoms with E-state index in [9.17, 15) is 5.11 Å². The number of hydrogen-bond donors (Lipinski definition) is 3. The molecule has 0 saturated carbocycles. The molecule has 3 aromatic heterocycles. The van der Waals surface area contributed by atoms with Gasteiger partial charge in [-0.05, 0) is 60.7 Å². The van der Waals surface area contributed by atoms with Gasteiger partial charge in [-0.25, -0.2) is 9.97 Å². The second-order valence-electron chi connectivity index (χ2n) is 7.21. The molecular formula is C26H20N4O. The van der Waals surface area contributed by atoms with Crippen LogP contribution in [0.3, 0.4) is 0 Å². The van der Waals surface area contributed by atoms with E-state index in [4.69, 9.17) is 0 Å². The van der Waals surface area contributed by atoms with Crippen molar-refractivity contribution in [3.05, 3.63) is 102 Å². The highest BCUT2D eigenvalue weighted by atomic mass is 16.3. The number of rotatable bonds is 0. The van der Waals surface area contributed by atoms with Crippen LogP contribution >= 0.6 is 0 Å². The number of H-pyrrole nitrogens is 2. The second-order valence-corrected chi connectivity index (χ2v) is 7.21. The third kappa shape index (κ3) is 4.46. The molecule has 3 N–H and O–H groups in total. The van der Waals surface area contributed by atoms with Gasteiger partial charge in [0.1, 0.15) is 5.75 Å². The van der Waals surface area contributed by atoms with Crippen LogP contribution in [0.5, 0.6) is 5.75 Å². The van der Waals surface area contributed by atoms with Gasteiger partial charge < -0.3 is 15.1 Å². The molecule has 5 nitrogen and oxygen atoms in total. The molecule has 5 heteroatoms. The summed E-state index contributed by atoms with van der Waals surface area (Å²) in [6.07, 6.45) is 7.79. The molecule has 0 radical (unpaired) electrons. The Morgan fingerprint density at radius 3 is 1.48 bits per heavy atom. The number of nitrogens with one attached hydrogen (secondary N) is 2. The fourth-order valence-corrected chi connectivity index (χ4v) is 3.39. The molecule has 150 valence electrons. The van der Waals surface area contributed by atoms with Crippen molar-refractivity contribution in [1.82, 2.24) is 19.9 Å². The van der Waals surface area contributed by atoms with E-state index in [1.54, 1.807) is 6.07 Å². The van der Waals surface area contributed by atoms with Crippen LogP contribution in [0.2, 0.25) is 0 Å². The van der Waals surface area contributed by atoms with Gasteiger partial charge in [0.2, 0.25) is 0 Å². The van der Waals surface area contributed by atoms with Crippen LogP contribution < -0.4 is 0 Å². The van der Waals surface area contributed by atoms with Crippen molar-refractivity contribution in [1.29, 1.82) is 0 Å². The standard InChI is InChI=1S/C20H14N4O.C6H6/c25-20-11-18-9-16-4-3-14(22-16)7-12-1-2-13(21-12)8-15-5-6-17(23-15)10-19(20)24-18;1-2-4-6-5-3-1/h1-11,21,24-25H;1-6H. The summed E-state index contributed by atoms with van der Waals surface area (Å²) in [5.41, 5.74) is 6.74. The first-order chi connectivity index (χ1) is 15.2. The van der Waals surface area contributed by atoms with Crippen molar-refractivity contribution >= 4 is 46.4 Å². The van der Waals surface area contributed by atoms with Crippen molar-refractivity contribution < 1.29 is 5.11 Å². The van der Waals surface area contributed by atoms with Crippen LogP contribution in [0.4, 0.5) is 0 Å². The van der Waals surface area contributed by atoms with E-state index < -0.39 is 0 Å². The molecule has 4 aromatic rings. The monoisotopic (exact) mass is 404 g/mol. The minimum absolute atomic E-state index is 0.191. The number of benzene rings is 1. The molecule has 1 aromatic carbocycles. The zero-order valence-electron chi connectivity index (χ0n) is 16.7. The smallest absolute Gasteiger partial charge is 0.141 e. The molecule has 8 bridgehead atoms. The van der Waals surface area contributed by atoms with E-state index in [1.807, 2.05) is 97.1 Å². The molecule has 0 aliphatic carbocycles. The molecule has 0 saturated heterocycles. The number of fused-ring (bicyclic) bond motifs is 8. The van der Waals surface area contributed by atoms with Gasteiger partial charge in [0, 0.05) is 22.6 Å². The highest BCUT2D eigenvalue weighted by molar-refractivity contribution is 5.79. The van der Waals surface area contributed by atoms with Crippen LogP contribution in [-0.2, 0) is 0 Å². The van der Waals surface area contributed by atoms with Gasteiger partial charge in [-0.15, -0.1) is 0 Å². The number of nitrogens with zero attached hydrogens (tertiary/aromatic N) is 2. The van der Waals surface area contributed by atoms with Crippen LogP contribution in [0.25, 0.3) is 46.4 Å². The van der Waals surface area contributed by atoms with Crippen molar-refractivity contribution in [2.75, 3.05) is 0 Å². The Morgan fingerprint density at radius 2 is 0.968 bits per heavy atom. The fraction of sp³-hybridized carbons (Fsp3) is 0. The average molecular weight is 404 g/mol. The highest BCUT2D eigenvalue weighted by Gasteiger charge is 2.03. The fourth-order valence-electron chi connectivity index (χ4n) is 3.39. The van der Waals surface area contributed by atoms with E-state index >= 15 is 0 Å². The van der Waals surface area contributed by atoms with E-state index in [0.717, 1.165) is 39.3 Å². The van der Waals surface area contributed by atoms with Crippen molar-refractivity contribution in [3.8, 4) is 5.75 Å². The SMILES string of the molecule is Oc1cc2cc3nc(cc4ccc(cc5nc(cc1[nH]2)C=C5)[nH]4)C=C3.c1ccccc1. The summed E-state index contributed by atoms with van der Waals surface area (Å²) in [6, 6.07) is 25.4. The van der Waals surface area contributed by atoms with Crippen LogP contribution in [0.15, 0.2) is 78.9 Å². The Kier molecular flexibility index (Phi) is 4.91. The summed E-state index contributed by atoms with van der Waals surface area (Å²) in [5.74, 6) is 0.191. The third-order valence-corrected chi connectivity index (χ3v) is 4.81. The molecule has 6 rings (SSSR count). The zero-order valence-corrected chi connectivity index (χ0v) is 16.7. The second kappa shape index (κ2) is 8.16. The molecule has 0 spiro atoms. The van der Waals surface area contributed by atoms with Gasteiger partial charge in [-0.2, -0.15) is 0 Å².